The average molecular weight is 203 g/mol. The molecular weight excluding hydrogens is 195 g/mol. The monoisotopic (exact) mass is 203 g/mol. The molecule has 1 saturated carbocycles. The Balaban J connectivity index is 2.46. The first-order chi connectivity index (χ1) is 6.46. The first-order valence-electron chi connectivity index (χ1n) is 4.22. The highest BCUT2D eigenvalue weighted by atomic mass is 19.4. The minimum atomic E-state index is -4.27. The predicted molar refractivity (Wildman–Crippen MR) is 44.0 cm³/mol. The van der Waals surface area contributed by atoms with Crippen LogP contribution in [-0.2, 0) is 5.41 Å². The topological polar surface area (TPSA) is 32.9 Å². The van der Waals surface area contributed by atoms with Crippen LogP contribution < -0.4 is 5.43 Å². The zero-order valence-electron chi connectivity index (χ0n) is 7.19. The Labute approximate surface area is 77.8 Å². The van der Waals surface area contributed by atoms with E-state index in [9.17, 15) is 18.0 Å². The molecule has 76 valence electrons. The van der Waals surface area contributed by atoms with Crippen molar-refractivity contribution in [1.29, 1.82) is 0 Å². The molecule has 0 amide bonds. The third-order valence-electron chi connectivity index (χ3n) is 2.58. The molecule has 14 heavy (non-hydrogen) atoms. The van der Waals surface area contributed by atoms with Crippen LogP contribution in [0.2, 0.25) is 0 Å². The van der Waals surface area contributed by atoms with E-state index in [1.165, 1.54) is 12.3 Å². The third kappa shape index (κ3) is 1.23. The maximum Gasteiger partial charge on any atom is 0.399 e. The Morgan fingerprint density at radius 2 is 2.00 bits per heavy atom. The summed E-state index contributed by atoms with van der Waals surface area (Å²) in [5, 5.41) is 0. The van der Waals surface area contributed by atoms with Gasteiger partial charge in [0.15, 0.2) is 5.43 Å². The van der Waals surface area contributed by atoms with Gasteiger partial charge in [-0.05, 0) is 12.8 Å². The van der Waals surface area contributed by atoms with E-state index in [0.717, 1.165) is 6.07 Å². The third-order valence-corrected chi connectivity index (χ3v) is 2.58. The van der Waals surface area contributed by atoms with Crippen molar-refractivity contribution in [2.24, 2.45) is 0 Å². The molecule has 0 saturated heterocycles. The highest BCUT2D eigenvalue weighted by molar-refractivity contribution is 5.27. The van der Waals surface area contributed by atoms with Crippen molar-refractivity contribution in [2.75, 3.05) is 0 Å². The Kier molecular flexibility index (Phi) is 1.74. The summed E-state index contributed by atoms with van der Waals surface area (Å²) >= 11 is 0. The summed E-state index contributed by atoms with van der Waals surface area (Å²) < 4.78 is 37.8. The molecule has 1 aromatic heterocycles. The molecule has 0 unspecified atom stereocenters. The maximum absolute atomic E-state index is 12.6. The van der Waals surface area contributed by atoms with E-state index in [1.807, 2.05) is 0 Å². The van der Waals surface area contributed by atoms with Gasteiger partial charge in [0, 0.05) is 24.0 Å². The number of pyridine rings is 1. The van der Waals surface area contributed by atoms with Crippen LogP contribution in [0.3, 0.4) is 0 Å². The standard InChI is InChI=1S/C9H8F3NO/c10-9(11,12)8(2-3-8)7-5-6(14)1-4-13-7/h1,4-5H,2-3H2,(H,13,14). The van der Waals surface area contributed by atoms with Crippen molar-refractivity contribution < 1.29 is 13.2 Å². The second-order valence-corrected chi connectivity index (χ2v) is 3.52. The molecule has 2 nitrogen and oxygen atoms in total. The van der Waals surface area contributed by atoms with Crippen LogP contribution in [0.15, 0.2) is 23.1 Å². The fourth-order valence-corrected chi connectivity index (χ4v) is 1.55. The summed E-state index contributed by atoms with van der Waals surface area (Å²) in [6.07, 6.45) is -2.88. The molecule has 1 fully saturated rings. The van der Waals surface area contributed by atoms with Crippen molar-refractivity contribution in [1.82, 2.24) is 4.98 Å². The number of alkyl halides is 3. The van der Waals surface area contributed by atoms with E-state index in [2.05, 4.69) is 4.98 Å². The van der Waals surface area contributed by atoms with Gasteiger partial charge in [0.2, 0.25) is 0 Å². The van der Waals surface area contributed by atoms with E-state index in [1.54, 1.807) is 0 Å². The predicted octanol–water partition coefficient (Wildman–Crippen LogP) is 1.97. The normalized spacial score (nSPS) is 19.4. The van der Waals surface area contributed by atoms with Crippen molar-refractivity contribution in [3.8, 4) is 0 Å². The van der Waals surface area contributed by atoms with Crippen LogP contribution in [0.25, 0.3) is 0 Å². The Bertz CT molecular complexity index is 403. The minimum absolute atomic E-state index is 0.0162. The number of H-pyrrole nitrogens is 1. The molecule has 1 aliphatic carbocycles. The Morgan fingerprint density at radius 3 is 2.43 bits per heavy atom. The first kappa shape index (κ1) is 9.30. The van der Waals surface area contributed by atoms with Gasteiger partial charge in [0.25, 0.3) is 0 Å². The molecule has 0 bridgehead atoms. The summed E-state index contributed by atoms with van der Waals surface area (Å²) in [7, 11) is 0. The summed E-state index contributed by atoms with van der Waals surface area (Å²) in [4.78, 5) is 13.4. The van der Waals surface area contributed by atoms with Gasteiger partial charge in [-0.15, -0.1) is 0 Å². The largest absolute Gasteiger partial charge is 0.399 e. The van der Waals surface area contributed by atoms with E-state index in [-0.39, 0.29) is 18.5 Å². The number of nitrogens with one attached hydrogen (secondary N) is 1. The van der Waals surface area contributed by atoms with E-state index < -0.39 is 17.0 Å². The Hall–Kier alpha value is -1.26. The summed E-state index contributed by atoms with van der Waals surface area (Å²) in [5.74, 6) is 0. The van der Waals surface area contributed by atoms with Crippen LogP contribution in [0.4, 0.5) is 13.2 Å². The first-order valence-corrected chi connectivity index (χ1v) is 4.22. The van der Waals surface area contributed by atoms with Gasteiger partial charge in [-0.3, -0.25) is 4.79 Å². The highest BCUT2D eigenvalue weighted by Gasteiger charge is 2.64. The van der Waals surface area contributed by atoms with Gasteiger partial charge in [-0.2, -0.15) is 13.2 Å². The van der Waals surface area contributed by atoms with Crippen LogP contribution in [0, 0.1) is 0 Å². The second kappa shape index (κ2) is 2.62. The molecule has 0 radical (unpaired) electrons. The van der Waals surface area contributed by atoms with Crippen LogP contribution in [-0.4, -0.2) is 11.2 Å². The van der Waals surface area contributed by atoms with Gasteiger partial charge in [-0.25, -0.2) is 0 Å². The molecule has 1 heterocycles. The SMILES string of the molecule is O=c1cc[nH]c(C2(C(F)(F)F)CC2)c1. The van der Waals surface area contributed by atoms with Gasteiger partial charge >= 0.3 is 6.18 Å². The smallest absolute Gasteiger partial charge is 0.364 e. The number of hydrogen-bond donors (Lipinski definition) is 1. The number of hydrogen-bond acceptors (Lipinski definition) is 1. The van der Waals surface area contributed by atoms with Crippen LogP contribution >= 0.6 is 0 Å². The van der Waals surface area contributed by atoms with E-state index in [4.69, 9.17) is 0 Å². The van der Waals surface area contributed by atoms with Crippen LogP contribution in [0.1, 0.15) is 18.5 Å². The van der Waals surface area contributed by atoms with Crippen molar-refractivity contribution in [3.63, 3.8) is 0 Å². The van der Waals surface area contributed by atoms with Gasteiger partial charge in [0.1, 0.15) is 5.41 Å². The van der Waals surface area contributed by atoms with Crippen molar-refractivity contribution in [2.45, 2.75) is 24.4 Å². The average Bonchev–Trinajstić information content (AvgIpc) is 2.82. The minimum Gasteiger partial charge on any atom is -0.364 e. The van der Waals surface area contributed by atoms with E-state index in [0.29, 0.717) is 0 Å². The second-order valence-electron chi connectivity index (χ2n) is 3.52. The summed E-state index contributed by atoms with van der Waals surface area (Å²) in [6.45, 7) is 0. The molecule has 1 aromatic rings. The fourth-order valence-electron chi connectivity index (χ4n) is 1.55. The zero-order valence-corrected chi connectivity index (χ0v) is 7.19. The highest BCUT2D eigenvalue weighted by Crippen LogP contribution is 2.57. The molecule has 2 rings (SSSR count). The molecule has 1 aliphatic rings. The number of aromatic nitrogens is 1. The lowest BCUT2D eigenvalue weighted by Gasteiger charge is -2.18. The fraction of sp³-hybridized carbons (Fsp3) is 0.444. The van der Waals surface area contributed by atoms with E-state index >= 15 is 0 Å². The lowest BCUT2D eigenvalue weighted by atomic mass is 10.0. The molecule has 0 atom stereocenters. The van der Waals surface area contributed by atoms with Crippen molar-refractivity contribution in [3.05, 3.63) is 34.2 Å². The summed E-state index contributed by atoms with van der Waals surface area (Å²) in [6, 6.07) is 2.23. The quantitative estimate of drug-likeness (QED) is 0.743. The number of aromatic amines is 1. The van der Waals surface area contributed by atoms with Gasteiger partial charge in [-0.1, -0.05) is 0 Å². The summed E-state index contributed by atoms with van der Waals surface area (Å²) in [5.41, 5.74) is -2.19. The molecule has 5 heteroatoms. The van der Waals surface area contributed by atoms with Crippen LogP contribution in [0.5, 0.6) is 0 Å². The zero-order chi connectivity index (χ0) is 10.4. The lowest BCUT2D eigenvalue weighted by molar-refractivity contribution is -0.161. The van der Waals surface area contributed by atoms with Gasteiger partial charge < -0.3 is 4.98 Å². The maximum atomic E-state index is 12.6. The molecule has 1 N–H and O–H groups in total. The van der Waals surface area contributed by atoms with Crippen molar-refractivity contribution >= 4 is 0 Å². The number of halogens is 3. The Morgan fingerprint density at radius 1 is 1.36 bits per heavy atom. The molecule has 0 spiro atoms. The molecule has 0 aliphatic heterocycles. The van der Waals surface area contributed by atoms with Gasteiger partial charge in [0.05, 0.1) is 0 Å². The molecular formula is C9H8F3NO. The number of rotatable bonds is 1. The lowest BCUT2D eigenvalue weighted by Crippen LogP contribution is -2.30. The molecule has 0 aromatic carbocycles.